The van der Waals surface area contributed by atoms with Gasteiger partial charge in [0.25, 0.3) is 0 Å². The molecule has 1 aliphatic rings. The molecular formula is C10H19NO4. The average molecular weight is 217 g/mol. The maximum absolute atomic E-state index is 10.7. The SMILES string of the molecule is CCCOCCN1CCOC(C(=O)O)C1. The van der Waals surface area contributed by atoms with Crippen molar-refractivity contribution in [1.29, 1.82) is 0 Å². The molecule has 5 nitrogen and oxygen atoms in total. The highest BCUT2D eigenvalue weighted by Crippen LogP contribution is 2.04. The third kappa shape index (κ3) is 4.59. The molecule has 1 heterocycles. The van der Waals surface area contributed by atoms with E-state index >= 15 is 0 Å². The lowest BCUT2D eigenvalue weighted by Crippen LogP contribution is -2.47. The zero-order chi connectivity index (χ0) is 11.1. The van der Waals surface area contributed by atoms with E-state index in [4.69, 9.17) is 14.6 Å². The van der Waals surface area contributed by atoms with Gasteiger partial charge in [-0.3, -0.25) is 4.90 Å². The van der Waals surface area contributed by atoms with Crippen molar-refractivity contribution in [2.24, 2.45) is 0 Å². The summed E-state index contributed by atoms with van der Waals surface area (Å²) >= 11 is 0. The molecule has 5 heteroatoms. The molecule has 0 spiro atoms. The Balaban J connectivity index is 2.15. The Bertz CT molecular complexity index is 198. The van der Waals surface area contributed by atoms with E-state index in [0.29, 0.717) is 19.8 Å². The molecule has 1 rings (SSSR count). The monoisotopic (exact) mass is 217 g/mol. The van der Waals surface area contributed by atoms with E-state index in [1.54, 1.807) is 0 Å². The Labute approximate surface area is 90.0 Å². The van der Waals surface area contributed by atoms with Crippen LogP contribution in [0, 0.1) is 0 Å². The molecule has 1 unspecified atom stereocenters. The van der Waals surface area contributed by atoms with Crippen LogP contribution < -0.4 is 0 Å². The van der Waals surface area contributed by atoms with E-state index in [0.717, 1.165) is 26.1 Å². The zero-order valence-electron chi connectivity index (χ0n) is 9.15. The molecule has 1 atom stereocenters. The molecule has 0 bridgehead atoms. The number of nitrogens with zero attached hydrogens (tertiary/aromatic N) is 1. The number of carbonyl (C=O) groups is 1. The van der Waals surface area contributed by atoms with Gasteiger partial charge in [-0.15, -0.1) is 0 Å². The molecule has 0 radical (unpaired) electrons. The summed E-state index contributed by atoms with van der Waals surface area (Å²) < 4.78 is 10.5. The normalized spacial score (nSPS) is 22.9. The number of aliphatic carboxylic acids is 1. The largest absolute Gasteiger partial charge is 0.479 e. The summed E-state index contributed by atoms with van der Waals surface area (Å²) in [5.74, 6) is -0.880. The second-order valence-electron chi connectivity index (χ2n) is 3.61. The summed E-state index contributed by atoms with van der Waals surface area (Å²) in [6, 6.07) is 0. The number of morpholine rings is 1. The second-order valence-corrected chi connectivity index (χ2v) is 3.61. The van der Waals surface area contributed by atoms with Gasteiger partial charge in [-0.05, 0) is 6.42 Å². The molecule has 0 aromatic heterocycles. The summed E-state index contributed by atoms with van der Waals surface area (Å²) in [7, 11) is 0. The molecule has 1 fully saturated rings. The minimum absolute atomic E-state index is 0.463. The number of hydrogen-bond donors (Lipinski definition) is 1. The topological polar surface area (TPSA) is 59.0 Å². The fourth-order valence-electron chi connectivity index (χ4n) is 1.50. The van der Waals surface area contributed by atoms with Gasteiger partial charge in [0.05, 0.1) is 13.2 Å². The Kier molecular flexibility index (Phi) is 5.60. The Morgan fingerprint density at radius 1 is 1.60 bits per heavy atom. The predicted octanol–water partition coefficient (Wildman–Crippen LogP) is 0.198. The standard InChI is InChI=1S/C10H19NO4/c1-2-5-14-6-3-11-4-7-15-9(8-11)10(12)13/h9H,2-8H2,1H3,(H,12,13). The summed E-state index contributed by atoms with van der Waals surface area (Å²) in [5.41, 5.74) is 0. The van der Waals surface area contributed by atoms with Crippen molar-refractivity contribution in [3.8, 4) is 0 Å². The fraction of sp³-hybridized carbons (Fsp3) is 0.900. The van der Waals surface area contributed by atoms with Crippen molar-refractivity contribution in [3.63, 3.8) is 0 Å². The van der Waals surface area contributed by atoms with Crippen LogP contribution in [-0.4, -0.2) is 61.5 Å². The smallest absolute Gasteiger partial charge is 0.334 e. The number of hydrogen-bond acceptors (Lipinski definition) is 4. The zero-order valence-corrected chi connectivity index (χ0v) is 9.15. The van der Waals surface area contributed by atoms with Gasteiger partial charge >= 0.3 is 5.97 Å². The minimum Gasteiger partial charge on any atom is -0.479 e. The van der Waals surface area contributed by atoms with Crippen molar-refractivity contribution >= 4 is 5.97 Å². The summed E-state index contributed by atoms with van der Waals surface area (Å²) in [4.78, 5) is 12.8. The molecule has 0 aromatic carbocycles. The third-order valence-electron chi connectivity index (χ3n) is 2.33. The second kappa shape index (κ2) is 6.76. The van der Waals surface area contributed by atoms with Crippen LogP contribution in [0.4, 0.5) is 0 Å². The first-order valence-corrected chi connectivity index (χ1v) is 5.38. The Morgan fingerprint density at radius 3 is 3.07 bits per heavy atom. The van der Waals surface area contributed by atoms with Crippen LogP contribution in [-0.2, 0) is 14.3 Å². The molecule has 15 heavy (non-hydrogen) atoms. The van der Waals surface area contributed by atoms with Gasteiger partial charge in [-0.1, -0.05) is 6.92 Å². The lowest BCUT2D eigenvalue weighted by molar-refractivity contribution is -0.156. The highest BCUT2D eigenvalue weighted by molar-refractivity contribution is 5.72. The highest BCUT2D eigenvalue weighted by Gasteiger charge is 2.25. The van der Waals surface area contributed by atoms with Gasteiger partial charge in [-0.25, -0.2) is 4.79 Å². The molecular weight excluding hydrogens is 198 g/mol. The number of carboxylic acids is 1. The third-order valence-corrected chi connectivity index (χ3v) is 2.33. The van der Waals surface area contributed by atoms with Gasteiger partial charge in [0.1, 0.15) is 0 Å². The van der Waals surface area contributed by atoms with Crippen LogP contribution in [0.5, 0.6) is 0 Å². The van der Waals surface area contributed by atoms with Crippen molar-refractivity contribution in [2.45, 2.75) is 19.4 Å². The van der Waals surface area contributed by atoms with Crippen molar-refractivity contribution in [3.05, 3.63) is 0 Å². The first kappa shape index (κ1) is 12.4. The van der Waals surface area contributed by atoms with Crippen LogP contribution in [0.15, 0.2) is 0 Å². The van der Waals surface area contributed by atoms with Crippen LogP contribution in [0.3, 0.4) is 0 Å². The van der Waals surface area contributed by atoms with E-state index in [9.17, 15) is 4.79 Å². The van der Waals surface area contributed by atoms with Crippen molar-refractivity contribution < 1.29 is 19.4 Å². The van der Waals surface area contributed by atoms with Gasteiger partial charge in [0, 0.05) is 26.2 Å². The molecule has 0 aliphatic carbocycles. The van der Waals surface area contributed by atoms with Crippen LogP contribution >= 0.6 is 0 Å². The van der Waals surface area contributed by atoms with Gasteiger partial charge in [-0.2, -0.15) is 0 Å². The molecule has 0 aromatic rings. The van der Waals surface area contributed by atoms with E-state index < -0.39 is 12.1 Å². The average Bonchev–Trinajstić information content (AvgIpc) is 2.25. The predicted molar refractivity (Wildman–Crippen MR) is 54.9 cm³/mol. The summed E-state index contributed by atoms with van der Waals surface area (Å²) in [6.07, 6.45) is 0.339. The van der Waals surface area contributed by atoms with Crippen LogP contribution in [0.25, 0.3) is 0 Å². The van der Waals surface area contributed by atoms with Crippen LogP contribution in [0.2, 0.25) is 0 Å². The molecule has 88 valence electrons. The minimum atomic E-state index is -0.880. The molecule has 1 saturated heterocycles. The first-order chi connectivity index (χ1) is 7.24. The summed E-state index contributed by atoms with van der Waals surface area (Å²) in [5, 5.41) is 8.78. The number of carboxylic acid groups (broad SMARTS) is 1. The van der Waals surface area contributed by atoms with E-state index in [2.05, 4.69) is 11.8 Å². The van der Waals surface area contributed by atoms with E-state index in [1.807, 2.05) is 0 Å². The molecule has 1 aliphatic heterocycles. The van der Waals surface area contributed by atoms with Crippen molar-refractivity contribution in [2.75, 3.05) is 39.5 Å². The lowest BCUT2D eigenvalue weighted by Gasteiger charge is -2.30. The van der Waals surface area contributed by atoms with Crippen molar-refractivity contribution in [1.82, 2.24) is 4.90 Å². The maximum Gasteiger partial charge on any atom is 0.334 e. The molecule has 0 saturated carbocycles. The van der Waals surface area contributed by atoms with E-state index in [-0.39, 0.29) is 0 Å². The quantitative estimate of drug-likeness (QED) is 0.644. The summed E-state index contributed by atoms with van der Waals surface area (Å²) in [6.45, 7) is 6.03. The molecule has 0 amide bonds. The van der Waals surface area contributed by atoms with Gasteiger partial charge in [0.2, 0.25) is 0 Å². The van der Waals surface area contributed by atoms with E-state index in [1.165, 1.54) is 0 Å². The number of ether oxygens (including phenoxy) is 2. The van der Waals surface area contributed by atoms with Gasteiger partial charge in [0.15, 0.2) is 6.10 Å². The number of rotatable bonds is 6. The van der Waals surface area contributed by atoms with Crippen LogP contribution in [0.1, 0.15) is 13.3 Å². The fourth-order valence-corrected chi connectivity index (χ4v) is 1.50. The highest BCUT2D eigenvalue weighted by atomic mass is 16.5. The Morgan fingerprint density at radius 2 is 2.40 bits per heavy atom. The maximum atomic E-state index is 10.7. The molecule has 1 N–H and O–H groups in total. The first-order valence-electron chi connectivity index (χ1n) is 5.38. The lowest BCUT2D eigenvalue weighted by atomic mass is 10.3. The Hall–Kier alpha value is -0.650. The van der Waals surface area contributed by atoms with Gasteiger partial charge < -0.3 is 14.6 Å².